The van der Waals surface area contributed by atoms with Crippen LogP contribution < -0.4 is 4.80 Å². The van der Waals surface area contributed by atoms with Crippen molar-refractivity contribution in [3.63, 3.8) is 0 Å². The van der Waals surface area contributed by atoms with Gasteiger partial charge in [-0.3, -0.25) is 4.99 Å². The molecule has 2 aromatic rings. The first kappa shape index (κ1) is 19.0. The summed E-state index contributed by atoms with van der Waals surface area (Å²) in [6, 6.07) is 7.26. The molecule has 5 heteroatoms. The Morgan fingerprint density at radius 1 is 1.19 bits per heavy atom. The zero-order chi connectivity index (χ0) is 18.4. The fraction of sp³-hybridized carbons (Fsp3) is 0.524. The molecule has 3 nitrogen and oxygen atoms in total. The van der Waals surface area contributed by atoms with E-state index >= 15 is 0 Å². The minimum Gasteiger partial charge on any atom is -0.254 e. The smallest absolute Gasteiger partial charge is 0.206 e. The SMILES string of the molecule is CCC(/C=N\n1c(-c2ccccc2F)csc1=NC1CCCCC1)CC. The van der Waals surface area contributed by atoms with Crippen molar-refractivity contribution in [2.24, 2.45) is 16.0 Å². The van der Waals surface area contributed by atoms with Gasteiger partial charge in [0, 0.05) is 17.2 Å². The topological polar surface area (TPSA) is 29.6 Å². The van der Waals surface area contributed by atoms with Crippen LogP contribution in [0.15, 0.2) is 39.7 Å². The maximum atomic E-state index is 14.4. The van der Waals surface area contributed by atoms with Crippen molar-refractivity contribution in [2.75, 3.05) is 0 Å². The molecule has 0 N–H and O–H groups in total. The van der Waals surface area contributed by atoms with Gasteiger partial charge in [-0.15, -0.1) is 11.3 Å². The first-order valence-electron chi connectivity index (χ1n) is 9.76. The Balaban J connectivity index is 2.04. The van der Waals surface area contributed by atoms with Crippen LogP contribution in [0, 0.1) is 11.7 Å². The number of rotatable bonds is 6. The van der Waals surface area contributed by atoms with Crippen molar-refractivity contribution >= 4 is 17.6 Å². The Bertz CT molecular complexity index is 796. The van der Waals surface area contributed by atoms with Crippen LogP contribution in [-0.4, -0.2) is 16.9 Å². The van der Waals surface area contributed by atoms with Crippen LogP contribution >= 0.6 is 11.3 Å². The van der Waals surface area contributed by atoms with E-state index in [1.807, 2.05) is 28.4 Å². The zero-order valence-electron chi connectivity index (χ0n) is 15.7. The predicted octanol–water partition coefficient (Wildman–Crippen LogP) is 5.86. The highest BCUT2D eigenvalue weighted by atomic mass is 32.1. The first-order valence-corrected chi connectivity index (χ1v) is 10.6. The van der Waals surface area contributed by atoms with Gasteiger partial charge in [0.25, 0.3) is 0 Å². The van der Waals surface area contributed by atoms with E-state index in [1.165, 1.54) is 25.3 Å². The molecule has 1 aromatic heterocycles. The first-order chi connectivity index (χ1) is 12.7. The number of hydrogen-bond donors (Lipinski definition) is 0. The number of thiazole rings is 1. The highest BCUT2D eigenvalue weighted by Crippen LogP contribution is 2.24. The standard InChI is InChI=1S/C21H28FN3S/c1-3-16(4-2)14-23-25-20(18-12-8-9-13-19(18)22)15-26-21(25)24-17-10-6-5-7-11-17/h8-9,12-17H,3-7,10-11H2,1-2H3/b23-14-,24-21?. The van der Waals surface area contributed by atoms with Gasteiger partial charge in [-0.2, -0.15) is 5.10 Å². The Kier molecular flexibility index (Phi) is 6.78. The molecule has 0 bridgehead atoms. The van der Waals surface area contributed by atoms with Gasteiger partial charge in [0.15, 0.2) is 0 Å². The van der Waals surface area contributed by atoms with E-state index in [2.05, 4.69) is 13.8 Å². The van der Waals surface area contributed by atoms with E-state index < -0.39 is 0 Å². The Morgan fingerprint density at radius 3 is 2.62 bits per heavy atom. The summed E-state index contributed by atoms with van der Waals surface area (Å²) < 4.78 is 16.2. The number of hydrogen-bond acceptors (Lipinski definition) is 3. The van der Waals surface area contributed by atoms with Crippen LogP contribution in [-0.2, 0) is 0 Å². The van der Waals surface area contributed by atoms with Crippen molar-refractivity contribution in [1.29, 1.82) is 0 Å². The van der Waals surface area contributed by atoms with Crippen LogP contribution in [0.3, 0.4) is 0 Å². The molecule has 1 saturated carbocycles. The highest BCUT2D eigenvalue weighted by Gasteiger charge is 2.15. The fourth-order valence-corrected chi connectivity index (χ4v) is 4.28. The summed E-state index contributed by atoms with van der Waals surface area (Å²) in [6.45, 7) is 4.34. The van der Waals surface area contributed by atoms with Crippen LogP contribution in [0.1, 0.15) is 58.8 Å². The lowest BCUT2D eigenvalue weighted by Gasteiger charge is -2.17. The Hall–Kier alpha value is -1.75. The number of aromatic nitrogens is 1. The molecule has 0 aliphatic heterocycles. The molecule has 1 aromatic carbocycles. The minimum atomic E-state index is -0.221. The van der Waals surface area contributed by atoms with Crippen molar-refractivity contribution in [1.82, 2.24) is 4.68 Å². The van der Waals surface area contributed by atoms with Crippen LogP contribution in [0.2, 0.25) is 0 Å². The van der Waals surface area contributed by atoms with E-state index in [4.69, 9.17) is 10.1 Å². The third-order valence-corrected chi connectivity index (χ3v) is 5.97. The molecule has 1 aliphatic carbocycles. The van der Waals surface area contributed by atoms with Gasteiger partial charge in [-0.1, -0.05) is 45.2 Å². The number of nitrogens with zero attached hydrogens (tertiary/aromatic N) is 3. The lowest BCUT2D eigenvalue weighted by Crippen LogP contribution is -2.19. The second-order valence-corrected chi connectivity index (χ2v) is 7.79. The fourth-order valence-electron chi connectivity index (χ4n) is 3.38. The van der Waals surface area contributed by atoms with E-state index in [-0.39, 0.29) is 5.82 Å². The van der Waals surface area contributed by atoms with Gasteiger partial charge in [-0.05, 0) is 43.7 Å². The minimum absolute atomic E-state index is 0.221. The molecule has 0 spiro atoms. The van der Waals surface area contributed by atoms with Gasteiger partial charge in [0.2, 0.25) is 4.80 Å². The molecule has 0 amide bonds. The van der Waals surface area contributed by atoms with Crippen LogP contribution in [0.25, 0.3) is 11.3 Å². The average molecular weight is 374 g/mol. The summed E-state index contributed by atoms with van der Waals surface area (Å²) in [7, 11) is 0. The molecule has 1 aliphatic rings. The molecular formula is C21H28FN3S. The molecule has 1 fully saturated rings. The monoisotopic (exact) mass is 373 g/mol. The Morgan fingerprint density at radius 2 is 1.92 bits per heavy atom. The predicted molar refractivity (Wildman–Crippen MR) is 108 cm³/mol. The second kappa shape index (κ2) is 9.26. The lowest BCUT2D eigenvalue weighted by atomic mass is 9.96. The average Bonchev–Trinajstić information content (AvgIpc) is 3.06. The molecule has 3 rings (SSSR count). The zero-order valence-corrected chi connectivity index (χ0v) is 16.5. The van der Waals surface area contributed by atoms with Crippen LogP contribution in [0.5, 0.6) is 0 Å². The Labute approximate surface area is 159 Å². The van der Waals surface area contributed by atoms with Crippen molar-refractivity contribution in [2.45, 2.75) is 64.8 Å². The number of halogens is 1. The normalized spacial score (nSPS) is 16.8. The summed E-state index contributed by atoms with van der Waals surface area (Å²) in [5, 5.41) is 6.71. The third-order valence-electron chi connectivity index (χ3n) is 5.14. The van der Waals surface area contributed by atoms with Gasteiger partial charge in [0.1, 0.15) is 5.82 Å². The molecule has 0 saturated heterocycles. The summed E-state index contributed by atoms with van der Waals surface area (Å²) in [5.74, 6) is 0.208. The van der Waals surface area contributed by atoms with E-state index in [1.54, 1.807) is 17.4 Å². The van der Waals surface area contributed by atoms with E-state index in [0.29, 0.717) is 17.5 Å². The largest absolute Gasteiger partial charge is 0.254 e. The summed E-state index contributed by atoms with van der Waals surface area (Å²) in [4.78, 5) is 5.84. The highest BCUT2D eigenvalue weighted by molar-refractivity contribution is 7.07. The molecule has 26 heavy (non-hydrogen) atoms. The summed E-state index contributed by atoms with van der Waals surface area (Å²) >= 11 is 1.56. The van der Waals surface area contributed by atoms with Gasteiger partial charge >= 0.3 is 0 Å². The molecular weight excluding hydrogens is 345 g/mol. The van der Waals surface area contributed by atoms with Gasteiger partial charge in [0.05, 0.1) is 11.7 Å². The number of benzene rings is 1. The quantitative estimate of drug-likeness (QED) is 0.568. The molecule has 0 unspecified atom stereocenters. The molecule has 1 heterocycles. The van der Waals surface area contributed by atoms with Crippen molar-refractivity contribution in [3.8, 4) is 11.3 Å². The third kappa shape index (κ3) is 4.50. The second-order valence-electron chi connectivity index (χ2n) is 6.96. The van der Waals surface area contributed by atoms with Gasteiger partial charge in [-0.25, -0.2) is 9.07 Å². The molecule has 0 atom stereocenters. The van der Waals surface area contributed by atoms with Gasteiger partial charge < -0.3 is 0 Å². The maximum Gasteiger partial charge on any atom is 0.206 e. The van der Waals surface area contributed by atoms with Crippen LogP contribution in [0.4, 0.5) is 4.39 Å². The van der Waals surface area contributed by atoms with Crippen molar-refractivity contribution in [3.05, 3.63) is 40.3 Å². The molecule has 0 radical (unpaired) electrons. The van der Waals surface area contributed by atoms with E-state index in [0.717, 1.165) is 36.2 Å². The molecule has 140 valence electrons. The van der Waals surface area contributed by atoms with Crippen molar-refractivity contribution < 1.29 is 4.39 Å². The summed E-state index contributed by atoms with van der Waals surface area (Å²) in [5.41, 5.74) is 1.36. The lowest BCUT2D eigenvalue weighted by molar-refractivity contribution is 0.435. The summed E-state index contributed by atoms with van der Waals surface area (Å²) in [6.07, 6.45) is 10.2. The maximum absolute atomic E-state index is 14.4. The van der Waals surface area contributed by atoms with E-state index in [9.17, 15) is 4.39 Å².